The molecule has 0 unspecified atom stereocenters. The summed E-state index contributed by atoms with van der Waals surface area (Å²) in [6.07, 6.45) is 0. The first-order valence-corrected chi connectivity index (χ1v) is 8.87. The van der Waals surface area contributed by atoms with E-state index in [4.69, 9.17) is 4.98 Å². The molecular weight excluding hydrogens is 300 g/mol. The number of fused-ring (bicyclic) bond motifs is 1. The van der Waals surface area contributed by atoms with Gasteiger partial charge < -0.3 is 4.90 Å². The lowest BCUT2D eigenvalue weighted by Crippen LogP contribution is -2.14. The van der Waals surface area contributed by atoms with Crippen molar-refractivity contribution in [2.75, 3.05) is 26.4 Å². The number of aromatic nitrogens is 1. The minimum Gasteiger partial charge on any atom is -0.309 e. The zero-order valence-electron chi connectivity index (χ0n) is 13.9. The number of hydrogen-bond donors (Lipinski definition) is 0. The van der Waals surface area contributed by atoms with E-state index < -0.39 is 0 Å². The molecule has 1 heterocycles. The fourth-order valence-electron chi connectivity index (χ4n) is 2.59. The Morgan fingerprint density at radius 1 is 1.00 bits per heavy atom. The van der Waals surface area contributed by atoms with Crippen LogP contribution in [0.3, 0.4) is 0 Å². The third-order valence-electron chi connectivity index (χ3n) is 3.87. The predicted molar refractivity (Wildman–Crippen MR) is 101 cm³/mol. The molecule has 3 rings (SSSR count). The zero-order chi connectivity index (χ0) is 16.2. The van der Waals surface area contributed by atoms with E-state index >= 15 is 0 Å². The van der Waals surface area contributed by atoms with Crippen molar-refractivity contribution in [1.29, 1.82) is 0 Å². The summed E-state index contributed by atoms with van der Waals surface area (Å²) in [7, 11) is 4.22. The molecule has 0 aliphatic rings. The van der Waals surface area contributed by atoms with Gasteiger partial charge in [0.25, 0.3) is 0 Å². The number of aryl methyl sites for hydroxylation is 1. The second kappa shape index (κ2) is 7.16. The van der Waals surface area contributed by atoms with Crippen LogP contribution in [0, 0.1) is 6.92 Å². The molecule has 2 aromatic carbocycles. The molecule has 0 saturated carbocycles. The largest absolute Gasteiger partial charge is 0.309 e. The summed E-state index contributed by atoms with van der Waals surface area (Å²) in [5, 5.41) is 2.33. The fourth-order valence-corrected chi connectivity index (χ4v) is 3.73. The van der Waals surface area contributed by atoms with Crippen LogP contribution in [-0.4, -0.2) is 36.3 Å². The maximum absolute atomic E-state index is 4.99. The number of pyridine rings is 1. The van der Waals surface area contributed by atoms with Crippen LogP contribution in [0.2, 0.25) is 0 Å². The van der Waals surface area contributed by atoms with Crippen molar-refractivity contribution in [2.45, 2.75) is 11.9 Å². The third-order valence-corrected chi connectivity index (χ3v) is 4.85. The number of para-hydroxylation sites is 1. The van der Waals surface area contributed by atoms with Gasteiger partial charge in [-0.25, -0.2) is 4.98 Å². The summed E-state index contributed by atoms with van der Waals surface area (Å²) in [5.74, 6) is 1.04. The highest BCUT2D eigenvalue weighted by atomic mass is 32.2. The van der Waals surface area contributed by atoms with Gasteiger partial charge in [-0.3, -0.25) is 0 Å². The molecule has 1 aromatic heterocycles. The van der Waals surface area contributed by atoms with Gasteiger partial charge in [0, 0.05) is 23.2 Å². The van der Waals surface area contributed by atoms with Crippen LogP contribution in [0.1, 0.15) is 5.56 Å². The lowest BCUT2D eigenvalue weighted by atomic mass is 10.0. The zero-order valence-corrected chi connectivity index (χ0v) is 14.7. The predicted octanol–water partition coefficient (Wildman–Crippen LogP) is 4.86. The molecule has 2 nitrogen and oxygen atoms in total. The molecule has 0 atom stereocenters. The minimum atomic E-state index is 1.04. The summed E-state index contributed by atoms with van der Waals surface area (Å²) in [6, 6.07) is 19.2. The number of nitrogens with zero attached hydrogens (tertiary/aromatic N) is 2. The average molecular weight is 322 g/mol. The van der Waals surface area contributed by atoms with Crippen LogP contribution in [0.5, 0.6) is 0 Å². The van der Waals surface area contributed by atoms with Crippen LogP contribution in [0.4, 0.5) is 0 Å². The summed E-state index contributed by atoms with van der Waals surface area (Å²) in [5.41, 5.74) is 4.80. The number of benzene rings is 2. The van der Waals surface area contributed by atoms with Crippen molar-refractivity contribution in [3.05, 3.63) is 60.2 Å². The van der Waals surface area contributed by atoms with E-state index in [1.807, 2.05) is 11.8 Å². The highest BCUT2D eigenvalue weighted by molar-refractivity contribution is 7.99. The normalized spacial score (nSPS) is 11.3. The summed E-state index contributed by atoms with van der Waals surface area (Å²) in [4.78, 5) is 7.20. The standard InChI is InChI=1S/C20H22N2S/c1-15-8-7-11-17-14-18(16-9-5-4-6-10-16)20(21-19(15)17)23-13-12-22(2)3/h4-11,14H,12-13H2,1-3H3. The molecule has 0 aliphatic heterocycles. The van der Waals surface area contributed by atoms with Crippen LogP contribution in [0.25, 0.3) is 22.0 Å². The minimum absolute atomic E-state index is 1.04. The van der Waals surface area contributed by atoms with E-state index in [2.05, 4.69) is 80.5 Å². The Labute approximate surface area is 142 Å². The molecule has 118 valence electrons. The molecule has 0 fully saturated rings. The van der Waals surface area contributed by atoms with E-state index in [1.165, 1.54) is 22.1 Å². The van der Waals surface area contributed by atoms with Crippen molar-refractivity contribution in [3.63, 3.8) is 0 Å². The quantitative estimate of drug-likeness (QED) is 0.624. The van der Waals surface area contributed by atoms with E-state index in [-0.39, 0.29) is 0 Å². The molecule has 0 spiro atoms. The van der Waals surface area contributed by atoms with Gasteiger partial charge in [-0.05, 0) is 38.2 Å². The number of hydrogen-bond acceptors (Lipinski definition) is 3. The Kier molecular flexibility index (Phi) is 4.99. The first-order chi connectivity index (χ1) is 11.1. The van der Waals surface area contributed by atoms with Gasteiger partial charge in [-0.15, -0.1) is 11.8 Å². The summed E-state index contributed by atoms with van der Waals surface area (Å²) >= 11 is 1.84. The Balaban J connectivity index is 2.07. The Morgan fingerprint density at radius 2 is 1.78 bits per heavy atom. The molecule has 0 N–H and O–H groups in total. The average Bonchev–Trinajstić information content (AvgIpc) is 2.55. The lowest BCUT2D eigenvalue weighted by molar-refractivity contribution is 0.437. The maximum Gasteiger partial charge on any atom is 0.105 e. The topological polar surface area (TPSA) is 16.1 Å². The lowest BCUT2D eigenvalue weighted by Gasteiger charge is -2.13. The SMILES string of the molecule is Cc1cccc2cc(-c3ccccc3)c(SCCN(C)C)nc12. The van der Waals surface area contributed by atoms with Gasteiger partial charge in [0.2, 0.25) is 0 Å². The van der Waals surface area contributed by atoms with Crippen molar-refractivity contribution >= 4 is 22.7 Å². The summed E-state index contributed by atoms with van der Waals surface area (Å²) in [6.45, 7) is 3.18. The van der Waals surface area contributed by atoms with Crippen molar-refractivity contribution in [2.24, 2.45) is 0 Å². The van der Waals surface area contributed by atoms with Crippen molar-refractivity contribution in [1.82, 2.24) is 9.88 Å². The molecule has 0 bridgehead atoms. The number of thioether (sulfide) groups is 1. The smallest absolute Gasteiger partial charge is 0.105 e. The van der Waals surface area contributed by atoms with Gasteiger partial charge in [0.1, 0.15) is 5.03 Å². The Bertz CT molecular complexity index is 797. The Hall–Kier alpha value is -1.84. The third kappa shape index (κ3) is 3.74. The molecule has 0 aliphatic carbocycles. The molecular formula is C20H22N2S. The van der Waals surface area contributed by atoms with Gasteiger partial charge in [0.15, 0.2) is 0 Å². The molecule has 0 saturated heterocycles. The number of rotatable bonds is 5. The van der Waals surface area contributed by atoms with Gasteiger partial charge in [-0.1, -0.05) is 48.5 Å². The fraction of sp³-hybridized carbons (Fsp3) is 0.250. The van der Waals surface area contributed by atoms with E-state index in [0.717, 1.165) is 22.8 Å². The molecule has 23 heavy (non-hydrogen) atoms. The van der Waals surface area contributed by atoms with E-state index in [1.54, 1.807) is 0 Å². The molecule has 0 amide bonds. The van der Waals surface area contributed by atoms with E-state index in [9.17, 15) is 0 Å². The monoisotopic (exact) mass is 322 g/mol. The molecule has 3 heteroatoms. The van der Waals surface area contributed by atoms with Crippen LogP contribution < -0.4 is 0 Å². The first-order valence-electron chi connectivity index (χ1n) is 7.88. The highest BCUT2D eigenvalue weighted by Crippen LogP contribution is 2.33. The van der Waals surface area contributed by atoms with Gasteiger partial charge >= 0.3 is 0 Å². The van der Waals surface area contributed by atoms with Crippen molar-refractivity contribution < 1.29 is 0 Å². The molecule has 3 aromatic rings. The van der Waals surface area contributed by atoms with E-state index in [0.29, 0.717) is 0 Å². The van der Waals surface area contributed by atoms with Crippen LogP contribution in [-0.2, 0) is 0 Å². The first kappa shape index (κ1) is 16.0. The van der Waals surface area contributed by atoms with Crippen LogP contribution in [0.15, 0.2) is 59.6 Å². The van der Waals surface area contributed by atoms with Gasteiger partial charge in [-0.2, -0.15) is 0 Å². The highest BCUT2D eigenvalue weighted by Gasteiger charge is 2.11. The second-order valence-electron chi connectivity index (χ2n) is 6.01. The van der Waals surface area contributed by atoms with Crippen molar-refractivity contribution in [3.8, 4) is 11.1 Å². The van der Waals surface area contributed by atoms with Gasteiger partial charge in [0.05, 0.1) is 5.52 Å². The maximum atomic E-state index is 4.99. The summed E-state index contributed by atoms with van der Waals surface area (Å²) < 4.78 is 0. The molecule has 0 radical (unpaired) electrons. The Morgan fingerprint density at radius 3 is 2.52 bits per heavy atom. The second-order valence-corrected chi connectivity index (χ2v) is 7.09. The van der Waals surface area contributed by atoms with Crippen LogP contribution >= 0.6 is 11.8 Å².